The third kappa shape index (κ3) is 2.24. The third-order valence-corrected chi connectivity index (χ3v) is 5.58. The zero-order chi connectivity index (χ0) is 17.1. The number of imidazole rings is 1. The van der Waals surface area contributed by atoms with Gasteiger partial charge in [-0.1, -0.05) is 18.7 Å². The lowest BCUT2D eigenvalue weighted by Gasteiger charge is -2.15. The number of anilines is 2. The second kappa shape index (κ2) is 5.12. The molecule has 0 radical (unpaired) electrons. The predicted octanol–water partition coefficient (Wildman–Crippen LogP) is 4.32. The summed E-state index contributed by atoms with van der Waals surface area (Å²) in [5.74, 6) is 1.78. The summed E-state index contributed by atoms with van der Waals surface area (Å²) in [4.78, 5) is 8.86. The second-order valence-corrected chi connectivity index (χ2v) is 7.25. The number of hydrogen-bond donors (Lipinski definition) is 0. The maximum Gasteiger partial charge on any atom is 0.105 e. The van der Waals surface area contributed by atoms with E-state index in [4.69, 9.17) is 0 Å². The molecule has 0 unspecified atom stereocenters. The van der Waals surface area contributed by atoms with Crippen LogP contribution in [0.1, 0.15) is 29.9 Å². The van der Waals surface area contributed by atoms with E-state index >= 15 is 0 Å². The summed E-state index contributed by atoms with van der Waals surface area (Å²) < 4.78 is 2.26. The smallest absolute Gasteiger partial charge is 0.105 e. The summed E-state index contributed by atoms with van der Waals surface area (Å²) >= 11 is 0. The minimum atomic E-state index is 0.767. The van der Waals surface area contributed by atoms with Crippen molar-refractivity contribution in [3.8, 4) is 0 Å². The normalized spacial score (nSPS) is 16.8. The average molecular weight is 330 g/mol. The molecule has 126 valence electrons. The minimum absolute atomic E-state index is 0.767. The van der Waals surface area contributed by atoms with Gasteiger partial charge in [0.1, 0.15) is 5.82 Å². The van der Waals surface area contributed by atoms with Gasteiger partial charge in [-0.25, -0.2) is 4.98 Å². The Morgan fingerprint density at radius 1 is 1.04 bits per heavy atom. The quantitative estimate of drug-likeness (QED) is 0.715. The summed E-state index contributed by atoms with van der Waals surface area (Å²) in [6, 6.07) is 13.4. The molecule has 2 aliphatic rings. The zero-order valence-electron chi connectivity index (χ0n) is 14.7. The standard InChI is InChI=1S/C21H22N4/c1-14-23(2)19-9-4-15(10-21(19)24(14)3)12-25-13-22-18-8-7-17(11-20(18)25)16-5-6-16/h4,7-11,13,16H,1,5-6,12H2,2-3H3. The third-order valence-electron chi connectivity index (χ3n) is 5.58. The highest BCUT2D eigenvalue weighted by Crippen LogP contribution is 2.41. The van der Waals surface area contributed by atoms with Gasteiger partial charge < -0.3 is 14.4 Å². The largest absolute Gasteiger partial charge is 0.330 e. The van der Waals surface area contributed by atoms with Crippen LogP contribution in [-0.4, -0.2) is 23.6 Å². The van der Waals surface area contributed by atoms with E-state index in [9.17, 15) is 0 Å². The van der Waals surface area contributed by atoms with E-state index in [0.717, 1.165) is 23.8 Å². The summed E-state index contributed by atoms with van der Waals surface area (Å²) in [5.41, 5.74) is 7.48. The number of benzene rings is 2. The number of fused-ring (bicyclic) bond motifs is 2. The molecule has 0 N–H and O–H groups in total. The summed E-state index contributed by atoms with van der Waals surface area (Å²) in [5, 5.41) is 0. The zero-order valence-corrected chi connectivity index (χ0v) is 14.7. The Morgan fingerprint density at radius 3 is 2.64 bits per heavy atom. The summed E-state index contributed by atoms with van der Waals surface area (Å²) in [6.07, 6.45) is 4.62. The number of hydrogen-bond acceptors (Lipinski definition) is 3. The highest BCUT2D eigenvalue weighted by atomic mass is 15.4. The fourth-order valence-electron chi connectivity index (χ4n) is 3.79. The molecule has 3 aromatic rings. The van der Waals surface area contributed by atoms with Gasteiger partial charge in [0.05, 0.1) is 28.7 Å². The van der Waals surface area contributed by atoms with E-state index in [2.05, 4.69) is 76.4 Å². The van der Waals surface area contributed by atoms with Crippen molar-refractivity contribution < 1.29 is 0 Å². The van der Waals surface area contributed by atoms with Gasteiger partial charge >= 0.3 is 0 Å². The maximum atomic E-state index is 4.58. The van der Waals surface area contributed by atoms with Gasteiger partial charge in [-0.05, 0) is 54.2 Å². The van der Waals surface area contributed by atoms with Gasteiger partial charge in [0.15, 0.2) is 0 Å². The molecule has 4 nitrogen and oxygen atoms in total. The molecule has 5 rings (SSSR count). The van der Waals surface area contributed by atoms with Crippen LogP contribution in [0.4, 0.5) is 11.4 Å². The van der Waals surface area contributed by atoms with Crippen molar-refractivity contribution in [3.05, 3.63) is 66.3 Å². The molecule has 2 aromatic carbocycles. The van der Waals surface area contributed by atoms with Crippen LogP contribution in [-0.2, 0) is 6.54 Å². The lowest BCUT2D eigenvalue weighted by atomic mass is 10.1. The van der Waals surface area contributed by atoms with E-state index in [1.807, 2.05) is 6.33 Å². The van der Waals surface area contributed by atoms with Crippen LogP contribution in [0.25, 0.3) is 11.0 Å². The lowest BCUT2D eigenvalue weighted by Crippen LogP contribution is -2.20. The van der Waals surface area contributed by atoms with E-state index < -0.39 is 0 Å². The first-order valence-electron chi connectivity index (χ1n) is 8.86. The highest BCUT2D eigenvalue weighted by molar-refractivity contribution is 5.82. The van der Waals surface area contributed by atoms with Crippen molar-refractivity contribution in [2.45, 2.75) is 25.3 Å². The van der Waals surface area contributed by atoms with Crippen LogP contribution >= 0.6 is 0 Å². The van der Waals surface area contributed by atoms with Crippen molar-refractivity contribution in [3.63, 3.8) is 0 Å². The van der Waals surface area contributed by atoms with Crippen LogP contribution in [0.15, 0.2) is 55.1 Å². The Hall–Kier alpha value is -2.75. The molecule has 2 heterocycles. The van der Waals surface area contributed by atoms with Crippen molar-refractivity contribution >= 4 is 22.4 Å². The van der Waals surface area contributed by atoms with Gasteiger partial charge in [-0.3, -0.25) is 0 Å². The van der Waals surface area contributed by atoms with Crippen LogP contribution in [0.3, 0.4) is 0 Å². The first-order valence-corrected chi connectivity index (χ1v) is 8.86. The van der Waals surface area contributed by atoms with E-state index in [1.54, 1.807) is 0 Å². The minimum Gasteiger partial charge on any atom is -0.330 e. The summed E-state index contributed by atoms with van der Waals surface area (Å²) in [7, 11) is 4.14. The molecule has 0 spiro atoms. The van der Waals surface area contributed by atoms with Gasteiger partial charge in [-0.15, -0.1) is 0 Å². The number of rotatable bonds is 3. The molecule has 0 atom stereocenters. The number of nitrogens with zero attached hydrogens (tertiary/aromatic N) is 4. The molecule has 1 saturated carbocycles. The molecule has 4 heteroatoms. The van der Waals surface area contributed by atoms with Crippen LogP contribution in [0.2, 0.25) is 0 Å². The Labute approximate surface area is 148 Å². The van der Waals surface area contributed by atoms with Crippen molar-refractivity contribution in [2.24, 2.45) is 0 Å². The molecule has 0 bridgehead atoms. The predicted molar refractivity (Wildman–Crippen MR) is 103 cm³/mol. The molecule has 1 aliphatic carbocycles. The second-order valence-electron chi connectivity index (χ2n) is 7.25. The number of aromatic nitrogens is 2. The van der Waals surface area contributed by atoms with E-state index in [1.165, 1.54) is 40.9 Å². The van der Waals surface area contributed by atoms with Crippen molar-refractivity contribution in [1.29, 1.82) is 0 Å². The highest BCUT2D eigenvalue weighted by Gasteiger charge is 2.25. The van der Waals surface area contributed by atoms with E-state index in [-0.39, 0.29) is 0 Å². The Morgan fingerprint density at radius 2 is 1.84 bits per heavy atom. The van der Waals surface area contributed by atoms with E-state index in [0.29, 0.717) is 0 Å². The molecule has 0 saturated heterocycles. The Bertz CT molecular complexity index is 996. The average Bonchev–Trinajstić information content (AvgIpc) is 3.38. The molecule has 25 heavy (non-hydrogen) atoms. The molecule has 0 amide bonds. The molecular formula is C21H22N4. The van der Waals surface area contributed by atoms with Crippen LogP contribution in [0, 0.1) is 0 Å². The lowest BCUT2D eigenvalue weighted by molar-refractivity contribution is 0.824. The monoisotopic (exact) mass is 330 g/mol. The topological polar surface area (TPSA) is 24.3 Å². The molecule has 1 aliphatic heterocycles. The summed E-state index contributed by atoms with van der Waals surface area (Å²) in [6.45, 7) is 4.98. The van der Waals surface area contributed by atoms with Crippen molar-refractivity contribution in [1.82, 2.24) is 9.55 Å². The fraction of sp³-hybridized carbons (Fsp3) is 0.286. The van der Waals surface area contributed by atoms with Gasteiger partial charge in [0.25, 0.3) is 0 Å². The van der Waals surface area contributed by atoms with Crippen LogP contribution in [0.5, 0.6) is 0 Å². The Kier molecular flexibility index (Phi) is 2.99. The first-order chi connectivity index (χ1) is 12.1. The molecule has 1 aromatic heterocycles. The molecule has 1 fully saturated rings. The van der Waals surface area contributed by atoms with Crippen molar-refractivity contribution in [2.75, 3.05) is 23.9 Å². The SMILES string of the molecule is C=C1N(C)c2ccc(Cn3cnc4ccc(C5CC5)cc43)cc2N1C. The fourth-order valence-corrected chi connectivity index (χ4v) is 3.79. The maximum absolute atomic E-state index is 4.58. The van der Waals surface area contributed by atoms with Crippen LogP contribution < -0.4 is 9.80 Å². The van der Waals surface area contributed by atoms with Gasteiger partial charge in [-0.2, -0.15) is 0 Å². The van der Waals surface area contributed by atoms with Gasteiger partial charge in [0.2, 0.25) is 0 Å². The van der Waals surface area contributed by atoms with Gasteiger partial charge in [0, 0.05) is 20.6 Å². The Balaban J connectivity index is 1.51. The molecular weight excluding hydrogens is 308 g/mol. The first kappa shape index (κ1) is 14.6.